The molecule has 0 radical (unpaired) electrons. The number of nitrogens with zero attached hydrogens (tertiary/aromatic N) is 2. The molecular weight excluding hydrogens is 292 g/mol. The molecule has 3 nitrogen and oxygen atoms in total. The van der Waals surface area contributed by atoms with Crippen molar-refractivity contribution in [1.82, 2.24) is 4.98 Å². The van der Waals surface area contributed by atoms with Gasteiger partial charge in [0.15, 0.2) is 0 Å². The van der Waals surface area contributed by atoms with E-state index >= 15 is 0 Å². The predicted molar refractivity (Wildman–Crippen MR) is 73.3 cm³/mol. The van der Waals surface area contributed by atoms with E-state index in [9.17, 15) is 0 Å². The zero-order chi connectivity index (χ0) is 10.1. The second-order valence-corrected chi connectivity index (χ2v) is 4.13. The molecule has 1 saturated heterocycles. The molecule has 2 N–H and O–H groups in total. The van der Waals surface area contributed by atoms with Crippen LogP contribution in [-0.4, -0.2) is 17.7 Å². The molecule has 92 valence electrons. The Hall–Kier alpha value is 0.0700. The van der Waals surface area contributed by atoms with Gasteiger partial charge in [-0.25, -0.2) is 4.98 Å². The number of aromatic nitrogens is 1. The summed E-state index contributed by atoms with van der Waals surface area (Å²) in [5.41, 5.74) is 6.87. The van der Waals surface area contributed by atoms with Crippen LogP contribution in [-0.2, 0) is 0 Å². The van der Waals surface area contributed by atoms with E-state index in [0.29, 0.717) is 10.2 Å². The van der Waals surface area contributed by atoms with Crippen LogP contribution in [0.25, 0.3) is 0 Å². The molecule has 1 fully saturated rings. The first-order valence-corrected chi connectivity index (χ1v) is 5.27. The van der Waals surface area contributed by atoms with Gasteiger partial charge in [-0.3, -0.25) is 0 Å². The van der Waals surface area contributed by atoms with Crippen LogP contribution in [0.15, 0.2) is 12.3 Å². The van der Waals surface area contributed by atoms with E-state index in [2.05, 4.69) is 9.88 Å². The minimum atomic E-state index is 0. The van der Waals surface area contributed by atoms with Crippen LogP contribution < -0.4 is 10.6 Å². The highest BCUT2D eigenvalue weighted by atomic mass is 35.5. The van der Waals surface area contributed by atoms with E-state index in [0.717, 1.165) is 25.1 Å². The third-order valence-electron chi connectivity index (χ3n) is 2.41. The Bertz CT molecular complexity index is 348. The molecule has 1 aromatic heterocycles. The fourth-order valence-electron chi connectivity index (χ4n) is 1.68. The highest BCUT2D eigenvalue weighted by Crippen LogP contribution is 2.28. The summed E-state index contributed by atoms with van der Waals surface area (Å²) in [6, 6.07) is 1.81. The number of nitrogens with two attached hydrogens (primary N) is 1. The first-order chi connectivity index (χ1) is 6.68. The van der Waals surface area contributed by atoms with E-state index in [1.165, 1.54) is 0 Å². The molecule has 2 heterocycles. The van der Waals surface area contributed by atoms with Crippen molar-refractivity contribution >= 4 is 53.7 Å². The summed E-state index contributed by atoms with van der Waals surface area (Å²) in [4.78, 5) is 6.09. The van der Waals surface area contributed by atoms with Crippen molar-refractivity contribution in [2.75, 3.05) is 11.4 Å². The van der Waals surface area contributed by atoms with Crippen LogP contribution in [0.4, 0.5) is 5.69 Å². The number of halogens is 4. The van der Waals surface area contributed by atoms with Crippen molar-refractivity contribution in [2.45, 2.75) is 19.0 Å². The second kappa shape index (κ2) is 6.72. The molecule has 0 aliphatic carbocycles. The van der Waals surface area contributed by atoms with E-state index in [-0.39, 0.29) is 31.0 Å². The highest BCUT2D eigenvalue weighted by molar-refractivity contribution is 6.41. The first-order valence-electron chi connectivity index (χ1n) is 4.52. The zero-order valence-electron chi connectivity index (χ0n) is 8.40. The smallest absolute Gasteiger partial charge is 0.147 e. The van der Waals surface area contributed by atoms with Gasteiger partial charge in [0.2, 0.25) is 0 Å². The molecule has 2 rings (SSSR count). The van der Waals surface area contributed by atoms with Gasteiger partial charge in [-0.2, -0.15) is 0 Å². The van der Waals surface area contributed by atoms with E-state index < -0.39 is 0 Å². The monoisotopic (exact) mass is 303 g/mol. The molecule has 16 heavy (non-hydrogen) atoms. The van der Waals surface area contributed by atoms with Crippen molar-refractivity contribution in [3.8, 4) is 0 Å². The molecule has 0 amide bonds. The Morgan fingerprint density at radius 2 is 2.06 bits per heavy atom. The third-order valence-corrected chi connectivity index (χ3v) is 3.10. The fourth-order valence-corrected chi connectivity index (χ4v) is 1.95. The molecule has 0 aromatic carbocycles. The summed E-state index contributed by atoms with van der Waals surface area (Å²) in [5, 5.41) is 0.812. The Labute approximate surface area is 117 Å². The number of hydrogen-bond donors (Lipinski definition) is 1. The van der Waals surface area contributed by atoms with Gasteiger partial charge in [0.05, 0.1) is 23.1 Å². The largest absolute Gasteiger partial charge is 0.355 e. The number of anilines is 1. The van der Waals surface area contributed by atoms with E-state index in [4.69, 9.17) is 28.9 Å². The average molecular weight is 305 g/mol. The van der Waals surface area contributed by atoms with Gasteiger partial charge in [-0.1, -0.05) is 23.2 Å². The van der Waals surface area contributed by atoms with Gasteiger partial charge in [0.1, 0.15) is 5.15 Å². The van der Waals surface area contributed by atoms with Crippen LogP contribution in [0.3, 0.4) is 0 Å². The number of pyridine rings is 1. The lowest BCUT2D eigenvalue weighted by Gasteiger charge is -2.23. The predicted octanol–water partition coefficient (Wildman–Crippen LogP) is 3.12. The fraction of sp³-hybridized carbons (Fsp3) is 0.444. The normalized spacial score (nSPS) is 18.9. The Kier molecular flexibility index (Phi) is 6.75. The summed E-state index contributed by atoms with van der Waals surface area (Å²) < 4.78 is 0. The molecule has 7 heteroatoms. The lowest BCUT2D eigenvalue weighted by Crippen LogP contribution is -2.36. The molecule has 1 aliphatic heterocycles. The van der Waals surface area contributed by atoms with Crippen LogP contribution in [0, 0.1) is 0 Å². The standard InChI is InChI=1S/C9H11Cl2N3.2ClH/c10-7-4-6(5-13-9(7)11)14-3-1-2-8(14)12;;/h4-5,8H,1-3,12H2;2*1H. The Morgan fingerprint density at radius 3 is 2.56 bits per heavy atom. The van der Waals surface area contributed by atoms with Crippen molar-refractivity contribution in [1.29, 1.82) is 0 Å². The van der Waals surface area contributed by atoms with Gasteiger partial charge >= 0.3 is 0 Å². The van der Waals surface area contributed by atoms with Crippen molar-refractivity contribution in [3.63, 3.8) is 0 Å². The van der Waals surface area contributed by atoms with Gasteiger partial charge in [-0.05, 0) is 18.9 Å². The SMILES string of the molecule is Cl.Cl.NC1CCCN1c1cnc(Cl)c(Cl)c1. The maximum atomic E-state index is 5.92. The van der Waals surface area contributed by atoms with Crippen molar-refractivity contribution in [2.24, 2.45) is 5.73 Å². The number of hydrogen-bond acceptors (Lipinski definition) is 3. The molecule has 0 spiro atoms. The van der Waals surface area contributed by atoms with E-state index in [1.54, 1.807) is 6.20 Å². The third kappa shape index (κ3) is 3.28. The minimum Gasteiger partial charge on any atom is -0.355 e. The van der Waals surface area contributed by atoms with Gasteiger partial charge < -0.3 is 10.6 Å². The summed E-state index contributed by atoms with van der Waals surface area (Å²) in [6.07, 6.45) is 3.91. The highest BCUT2D eigenvalue weighted by Gasteiger charge is 2.21. The molecule has 0 bridgehead atoms. The topological polar surface area (TPSA) is 42.1 Å². The molecule has 1 unspecified atom stereocenters. The van der Waals surface area contributed by atoms with Crippen LogP contribution in [0.1, 0.15) is 12.8 Å². The summed E-state index contributed by atoms with van der Waals surface area (Å²) in [7, 11) is 0. The maximum Gasteiger partial charge on any atom is 0.147 e. The van der Waals surface area contributed by atoms with Crippen LogP contribution in [0.2, 0.25) is 10.2 Å². The van der Waals surface area contributed by atoms with Gasteiger partial charge in [0.25, 0.3) is 0 Å². The molecule has 0 saturated carbocycles. The van der Waals surface area contributed by atoms with Gasteiger partial charge in [-0.15, -0.1) is 24.8 Å². The van der Waals surface area contributed by atoms with Crippen molar-refractivity contribution in [3.05, 3.63) is 22.4 Å². The lowest BCUT2D eigenvalue weighted by atomic mass is 10.3. The van der Waals surface area contributed by atoms with Crippen LogP contribution in [0.5, 0.6) is 0 Å². The van der Waals surface area contributed by atoms with Gasteiger partial charge in [0, 0.05) is 6.54 Å². The van der Waals surface area contributed by atoms with Crippen molar-refractivity contribution < 1.29 is 0 Å². The average Bonchev–Trinajstić information content (AvgIpc) is 2.57. The second-order valence-electron chi connectivity index (χ2n) is 3.37. The summed E-state index contributed by atoms with van der Waals surface area (Å²) in [6.45, 7) is 0.959. The Balaban J connectivity index is 0.00000112. The molecular formula is C9H13Cl4N3. The quantitative estimate of drug-likeness (QED) is 0.811. The minimum absolute atomic E-state index is 0. The van der Waals surface area contributed by atoms with E-state index in [1.807, 2.05) is 6.07 Å². The van der Waals surface area contributed by atoms with Crippen LogP contribution >= 0.6 is 48.0 Å². The summed E-state index contributed by atoms with van der Waals surface area (Å²) in [5.74, 6) is 0. The molecule has 1 aliphatic rings. The zero-order valence-corrected chi connectivity index (χ0v) is 11.5. The first kappa shape index (κ1) is 16.1. The molecule has 1 aromatic rings. The number of rotatable bonds is 1. The summed E-state index contributed by atoms with van der Waals surface area (Å²) >= 11 is 11.6. The maximum absolute atomic E-state index is 5.92. The molecule has 1 atom stereocenters. The Morgan fingerprint density at radius 1 is 1.38 bits per heavy atom. The lowest BCUT2D eigenvalue weighted by molar-refractivity contribution is 0.700.